The Labute approximate surface area is 288 Å². The van der Waals surface area contributed by atoms with E-state index >= 15 is 0 Å². The number of esters is 2. The van der Waals surface area contributed by atoms with Gasteiger partial charge in [0.25, 0.3) is 0 Å². The monoisotopic (exact) mass is 678 g/mol. The van der Waals surface area contributed by atoms with E-state index in [0.29, 0.717) is 26.1 Å². The van der Waals surface area contributed by atoms with Gasteiger partial charge < -0.3 is 33.3 Å². The molecule has 0 heterocycles. The Hall–Kier alpha value is -2.20. The Balaban J connectivity index is 1.11. The van der Waals surface area contributed by atoms with Crippen molar-refractivity contribution in [3.05, 3.63) is 31.2 Å². The summed E-state index contributed by atoms with van der Waals surface area (Å²) in [5.41, 5.74) is 2.49. The average Bonchev–Trinajstić information content (AvgIpc) is 3.11. The van der Waals surface area contributed by atoms with Crippen LogP contribution in [0.5, 0.6) is 0 Å². The van der Waals surface area contributed by atoms with Gasteiger partial charge in [-0.1, -0.05) is 38.2 Å². The molecule has 0 aliphatic heterocycles. The number of rotatable bonds is 25. The summed E-state index contributed by atoms with van der Waals surface area (Å²) in [5, 5.41) is 0. The molecule has 0 unspecified atom stereocenters. The van der Waals surface area contributed by atoms with Crippen molar-refractivity contribution >= 4 is 11.9 Å². The van der Waals surface area contributed by atoms with Crippen molar-refractivity contribution in [3.8, 4) is 0 Å². The highest BCUT2D eigenvalue weighted by molar-refractivity contribution is 5.81. The molecule has 3 saturated carbocycles. The van der Waals surface area contributed by atoms with Crippen LogP contribution in [0, 0.1) is 5.92 Å². The van der Waals surface area contributed by atoms with Gasteiger partial charge in [0.1, 0.15) is 12.9 Å². The summed E-state index contributed by atoms with van der Waals surface area (Å²) in [6.07, 6.45) is 22.8. The van der Waals surface area contributed by atoms with Crippen LogP contribution in [0.25, 0.3) is 0 Å². The minimum absolute atomic E-state index is 0.00326. The van der Waals surface area contributed by atoms with Crippen LogP contribution < -0.4 is 0 Å². The van der Waals surface area contributed by atoms with Crippen LogP contribution in [0.2, 0.25) is 0 Å². The maximum absolute atomic E-state index is 12.8. The summed E-state index contributed by atoms with van der Waals surface area (Å²) < 4.78 is 35.2. The number of hydrogen-bond donors (Lipinski definition) is 0. The highest BCUT2D eigenvalue weighted by Gasteiger charge is 2.31. The molecule has 3 aliphatic carbocycles. The van der Waals surface area contributed by atoms with Crippen LogP contribution in [-0.2, 0) is 47.8 Å². The van der Waals surface area contributed by atoms with Gasteiger partial charge in [-0.05, 0) is 109 Å². The highest BCUT2D eigenvalue weighted by atomic mass is 17.2. The predicted molar refractivity (Wildman–Crippen MR) is 182 cm³/mol. The van der Waals surface area contributed by atoms with Crippen LogP contribution in [0.3, 0.4) is 0 Å². The molecule has 48 heavy (non-hydrogen) atoms. The zero-order valence-electron chi connectivity index (χ0n) is 29.3. The fraction of sp³-hybridized carbons (Fsp3) is 0.816. The lowest BCUT2D eigenvalue weighted by Crippen LogP contribution is -2.33. The standard InChI is InChI=1S/C38H62O10/c1-3-25-46-47-29-12-8-7-10-27-42-33-17-19-34(20-18-33)44-30-45-35-21-23-36(24-22-35)48-38(40)31-13-15-32(16-14-31)41-26-9-5-6-11-28-43-37(39)4-2/h4,25,31-36H,1-2,5-24,26-30H2. The van der Waals surface area contributed by atoms with E-state index in [9.17, 15) is 9.59 Å². The van der Waals surface area contributed by atoms with Crippen molar-refractivity contribution < 1.29 is 47.8 Å². The predicted octanol–water partition coefficient (Wildman–Crippen LogP) is 7.83. The lowest BCUT2D eigenvalue weighted by Gasteiger charge is -2.32. The third kappa shape index (κ3) is 18.0. The van der Waals surface area contributed by atoms with Crippen molar-refractivity contribution in [3.63, 3.8) is 0 Å². The van der Waals surface area contributed by atoms with E-state index in [4.69, 9.17) is 38.2 Å². The first-order chi connectivity index (χ1) is 23.6. The molecule has 0 atom stereocenters. The van der Waals surface area contributed by atoms with Gasteiger partial charge in [0.05, 0.1) is 43.5 Å². The minimum Gasteiger partial charge on any atom is -0.463 e. The van der Waals surface area contributed by atoms with E-state index in [0.717, 1.165) is 142 Å². The van der Waals surface area contributed by atoms with Crippen LogP contribution in [-0.4, -0.2) is 75.7 Å². The maximum Gasteiger partial charge on any atom is 0.330 e. The first-order valence-electron chi connectivity index (χ1n) is 18.7. The molecule has 0 saturated heterocycles. The maximum atomic E-state index is 12.8. The summed E-state index contributed by atoms with van der Waals surface area (Å²) in [4.78, 5) is 33.6. The van der Waals surface area contributed by atoms with Crippen LogP contribution >= 0.6 is 0 Å². The molecule has 0 amide bonds. The largest absolute Gasteiger partial charge is 0.463 e. The summed E-state index contributed by atoms with van der Waals surface area (Å²) in [6.45, 7) is 9.70. The third-order valence-electron chi connectivity index (χ3n) is 9.62. The van der Waals surface area contributed by atoms with E-state index in [1.165, 1.54) is 12.3 Å². The molecule has 274 valence electrons. The van der Waals surface area contributed by atoms with Gasteiger partial charge in [-0.15, -0.1) is 0 Å². The highest BCUT2D eigenvalue weighted by Crippen LogP contribution is 2.30. The molecule has 0 N–H and O–H groups in total. The van der Waals surface area contributed by atoms with E-state index < -0.39 is 0 Å². The molecule has 10 heteroatoms. The van der Waals surface area contributed by atoms with Gasteiger partial charge in [-0.2, -0.15) is 4.89 Å². The summed E-state index contributed by atoms with van der Waals surface area (Å²) in [5.74, 6) is -0.408. The summed E-state index contributed by atoms with van der Waals surface area (Å²) in [6, 6.07) is 0. The molecule has 3 aliphatic rings. The molecule has 0 aromatic carbocycles. The first kappa shape index (κ1) is 40.2. The van der Waals surface area contributed by atoms with Crippen LogP contribution in [0.15, 0.2) is 31.2 Å². The molecule has 0 aromatic rings. The smallest absolute Gasteiger partial charge is 0.330 e. The van der Waals surface area contributed by atoms with Gasteiger partial charge >= 0.3 is 11.9 Å². The summed E-state index contributed by atoms with van der Waals surface area (Å²) >= 11 is 0. The molecule has 0 radical (unpaired) electrons. The lowest BCUT2D eigenvalue weighted by molar-refractivity contribution is -0.248. The van der Waals surface area contributed by atoms with E-state index in [-0.39, 0.29) is 42.3 Å². The Bertz CT molecular complexity index is 910. The number of ether oxygens (including phenoxy) is 6. The Morgan fingerprint density at radius 3 is 1.56 bits per heavy atom. The zero-order chi connectivity index (χ0) is 34.1. The van der Waals surface area contributed by atoms with E-state index in [1.54, 1.807) is 0 Å². The fourth-order valence-corrected chi connectivity index (χ4v) is 6.66. The van der Waals surface area contributed by atoms with Gasteiger partial charge in [0, 0.05) is 19.3 Å². The SMILES string of the molecule is C=C=COOCCCCCCOC1CCC(OCOC2CCC(OC(=O)C3CCC(OCCCCCCOC(=O)C=C)CC3)CC2)CC1. The average molecular weight is 679 g/mol. The zero-order valence-corrected chi connectivity index (χ0v) is 29.3. The van der Waals surface area contributed by atoms with Crippen molar-refractivity contribution in [2.75, 3.05) is 33.2 Å². The molecule has 0 aromatic heterocycles. The van der Waals surface area contributed by atoms with Crippen molar-refractivity contribution in [1.82, 2.24) is 0 Å². The second-order valence-corrected chi connectivity index (χ2v) is 13.3. The second kappa shape index (κ2) is 25.7. The fourth-order valence-electron chi connectivity index (χ4n) is 6.66. The first-order valence-corrected chi connectivity index (χ1v) is 18.7. The topological polar surface area (TPSA) is 108 Å². The van der Waals surface area contributed by atoms with Crippen molar-refractivity contribution in [1.29, 1.82) is 0 Å². The number of hydrogen-bond acceptors (Lipinski definition) is 10. The Kier molecular flexibility index (Phi) is 21.6. The Morgan fingerprint density at radius 2 is 1.04 bits per heavy atom. The quantitative estimate of drug-likeness (QED) is 0.0139. The molecule has 0 spiro atoms. The molecule has 3 fully saturated rings. The van der Waals surface area contributed by atoms with Gasteiger partial charge in [0.2, 0.25) is 0 Å². The summed E-state index contributed by atoms with van der Waals surface area (Å²) in [7, 11) is 0. The molecule has 3 rings (SSSR count). The lowest BCUT2D eigenvalue weighted by atomic mass is 9.87. The molecular weight excluding hydrogens is 616 g/mol. The second-order valence-electron chi connectivity index (χ2n) is 13.3. The normalized spacial score (nSPS) is 25.8. The number of unbranched alkanes of at least 4 members (excludes halogenated alkanes) is 6. The van der Waals surface area contributed by atoms with Gasteiger partial charge in [-0.25, -0.2) is 4.79 Å². The van der Waals surface area contributed by atoms with Crippen LogP contribution in [0.4, 0.5) is 0 Å². The van der Waals surface area contributed by atoms with Gasteiger partial charge in [-0.3, -0.25) is 4.79 Å². The number of carbonyl (C=O) groups excluding carboxylic acids is 2. The molecular formula is C38H62O10. The van der Waals surface area contributed by atoms with E-state index in [2.05, 4.69) is 18.9 Å². The Morgan fingerprint density at radius 1 is 0.583 bits per heavy atom. The minimum atomic E-state index is -0.362. The van der Waals surface area contributed by atoms with E-state index in [1.807, 2.05) is 0 Å². The molecule has 10 nitrogen and oxygen atoms in total. The van der Waals surface area contributed by atoms with Crippen molar-refractivity contribution in [2.24, 2.45) is 5.92 Å². The van der Waals surface area contributed by atoms with Crippen molar-refractivity contribution in [2.45, 2.75) is 159 Å². The van der Waals surface area contributed by atoms with Crippen LogP contribution in [0.1, 0.15) is 128 Å². The third-order valence-corrected chi connectivity index (χ3v) is 9.62. The molecule has 0 bridgehead atoms. The number of carbonyl (C=O) groups is 2. The van der Waals surface area contributed by atoms with Gasteiger partial charge in [0.15, 0.2) is 6.26 Å².